The fourth-order valence-corrected chi connectivity index (χ4v) is 3.38. The number of nitrogens with zero attached hydrogens (tertiary/aromatic N) is 2. The van der Waals surface area contributed by atoms with Crippen LogP contribution in [0.1, 0.15) is 32.4 Å². The molecular formula is C15H24N2O. The topological polar surface area (TPSA) is 36.4 Å². The highest BCUT2D eigenvalue weighted by Crippen LogP contribution is 2.32. The Morgan fingerprint density at radius 1 is 1.33 bits per heavy atom. The zero-order chi connectivity index (χ0) is 13.1. The van der Waals surface area contributed by atoms with E-state index in [4.69, 9.17) is 0 Å². The highest BCUT2D eigenvalue weighted by Gasteiger charge is 2.35. The molecule has 0 aliphatic heterocycles. The molecule has 1 aromatic rings. The van der Waals surface area contributed by atoms with Gasteiger partial charge in [0.15, 0.2) is 0 Å². The molecule has 0 amide bonds. The van der Waals surface area contributed by atoms with Gasteiger partial charge < -0.3 is 5.11 Å². The molecule has 0 saturated heterocycles. The summed E-state index contributed by atoms with van der Waals surface area (Å²) in [5, 5.41) is 10.3. The van der Waals surface area contributed by atoms with Gasteiger partial charge in [-0.1, -0.05) is 19.9 Å². The Morgan fingerprint density at radius 2 is 2.11 bits per heavy atom. The van der Waals surface area contributed by atoms with Crippen LogP contribution in [0.25, 0.3) is 0 Å². The first-order chi connectivity index (χ1) is 8.58. The van der Waals surface area contributed by atoms with Crippen molar-refractivity contribution in [3.63, 3.8) is 0 Å². The van der Waals surface area contributed by atoms with Crippen LogP contribution in [0.2, 0.25) is 0 Å². The van der Waals surface area contributed by atoms with Crippen molar-refractivity contribution in [1.82, 2.24) is 9.88 Å². The molecule has 1 heterocycles. The van der Waals surface area contributed by atoms with Crippen LogP contribution < -0.4 is 0 Å². The van der Waals surface area contributed by atoms with Crippen molar-refractivity contribution in [3.8, 4) is 0 Å². The smallest absolute Gasteiger partial charge is 0.0700 e. The first kappa shape index (κ1) is 13.5. The molecule has 1 aliphatic rings. The monoisotopic (exact) mass is 248 g/mol. The van der Waals surface area contributed by atoms with Gasteiger partial charge in [0, 0.05) is 18.8 Å². The Bertz CT molecular complexity index is 356. The molecule has 0 aromatic carbocycles. The highest BCUT2D eigenvalue weighted by atomic mass is 16.3. The van der Waals surface area contributed by atoms with Gasteiger partial charge in [-0.05, 0) is 43.9 Å². The number of aromatic nitrogens is 1. The van der Waals surface area contributed by atoms with E-state index in [0.717, 1.165) is 18.7 Å². The maximum Gasteiger partial charge on any atom is 0.0700 e. The highest BCUT2D eigenvalue weighted by molar-refractivity contribution is 5.04. The van der Waals surface area contributed by atoms with Gasteiger partial charge in [-0.25, -0.2) is 0 Å². The van der Waals surface area contributed by atoms with E-state index in [9.17, 15) is 5.11 Å². The molecule has 0 radical (unpaired) electrons. The third kappa shape index (κ3) is 3.09. The number of aliphatic hydroxyl groups is 1. The summed E-state index contributed by atoms with van der Waals surface area (Å²) in [6, 6.07) is 6.24. The molecule has 2 rings (SSSR count). The van der Waals surface area contributed by atoms with Crippen LogP contribution in [0.3, 0.4) is 0 Å². The van der Waals surface area contributed by atoms with E-state index in [1.54, 1.807) is 0 Å². The minimum atomic E-state index is -0.211. The third-order valence-corrected chi connectivity index (χ3v) is 4.04. The minimum Gasteiger partial charge on any atom is -0.391 e. The fourth-order valence-electron chi connectivity index (χ4n) is 3.38. The lowest BCUT2D eigenvalue weighted by Crippen LogP contribution is -2.49. The number of hydrogen-bond donors (Lipinski definition) is 1. The van der Waals surface area contributed by atoms with Crippen molar-refractivity contribution in [2.24, 2.45) is 11.8 Å². The largest absolute Gasteiger partial charge is 0.391 e. The summed E-state index contributed by atoms with van der Waals surface area (Å²) in [6.45, 7) is 5.29. The molecule has 4 unspecified atom stereocenters. The van der Waals surface area contributed by atoms with E-state index < -0.39 is 0 Å². The Labute approximate surface area is 110 Å². The first-order valence-corrected chi connectivity index (χ1v) is 6.86. The summed E-state index contributed by atoms with van der Waals surface area (Å²) < 4.78 is 0. The normalized spacial score (nSPS) is 32.7. The van der Waals surface area contributed by atoms with E-state index >= 15 is 0 Å². The standard InChI is InChI=1S/C15H24N2O/c1-11-8-12(2)15(14(18)9-11)17(3)10-13-6-4-5-7-16-13/h4-7,11-12,14-15,18H,8-10H2,1-3H3. The van der Waals surface area contributed by atoms with Gasteiger partial charge in [0.1, 0.15) is 0 Å². The SMILES string of the molecule is CC1CC(C)C(N(C)Cc2ccccn2)C(O)C1. The van der Waals surface area contributed by atoms with E-state index in [1.165, 1.54) is 6.42 Å². The first-order valence-electron chi connectivity index (χ1n) is 6.86. The number of hydrogen-bond acceptors (Lipinski definition) is 3. The minimum absolute atomic E-state index is 0.211. The van der Waals surface area contributed by atoms with Gasteiger partial charge in [-0.15, -0.1) is 0 Å². The summed E-state index contributed by atoms with van der Waals surface area (Å²) in [4.78, 5) is 6.61. The second kappa shape index (κ2) is 5.81. The Balaban J connectivity index is 2.01. The van der Waals surface area contributed by atoms with Crippen molar-refractivity contribution in [2.45, 2.75) is 45.4 Å². The van der Waals surface area contributed by atoms with Crippen LogP contribution in [0.4, 0.5) is 0 Å². The van der Waals surface area contributed by atoms with Crippen molar-refractivity contribution in [3.05, 3.63) is 30.1 Å². The Morgan fingerprint density at radius 3 is 2.72 bits per heavy atom. The molecule has 0 spiro atoms. The summed E-state index contributed by atoms with van der Waals surface area (Å²) in [5.41, 5.74) is 1.07. The van der Waals surface area contributed by atoms with E-state index in [0.29, 0.717) is 11.8 Å². The van der Waals surface area contributed by atoms with Crippen LogP contribution in [-0.2, 0) is 6.54 Å². The molecule has 1 aliphatic carbocycles. The third-order valence-electron chi connectivity index (χ3n) is 4.04. The molecule has 1 aromatic heterocycles. The van der Waals surface area contributed by atoms with Gasteiger partial charge >= 0.3 is 0 Å². The van der Waals surface area contributed by atoms with E-state index in [-0.39, 0.29) is 12.1 Å². The summed E-state index contributed by atoms with van der Waals surface area (Å²) in [6.07, 6.45) is 3.74. The molecule has 4 atom stereocenters. The second-order valence-electron chi connectivity index (χ2n) is 5.85. The number of pyridine rings is 1. The fraction of sp³-hybridized carbons (Fsp3) is 0.667. The van der Waals surface area contributed by atoms with Gasteiger partial charge in [-0.3, -0.25) is 9.88 Å². The molecular weight excluding hydrogens is 224 g/mol. The zero-order valence-electron chi connectivity index (χ0n) is 11.6. The average Bonchev–Trinajstić information content (AvgIpc) is 2.28. The maximum atomic E-state index is 10.3. The predicted molar refractivity (Wildman–Crippen MR) is 73.1 cm³/mol. The predicted octanol–water partition coefficient (Wildman–Crippen LogP) is 2.31. The molecule has 1 N–H and O–H groups in total. The lowest BCUT2D eigenvalue weighted by molar-refractivity contribution is -0.0174. The zero-order valence-corrected chi connectivity index (χ0v) is 11.6. The van der Waals surface area contributed by atoms with E-state index in [1.807, 2.05) is 24.4 Å². The molecule has 18 heavy (non-hydrogen) atoms. The molecule has 100 valence electrons. The molecule has 0 bridgehead atoms. The van der Waals surface area contributed by atoms with Crippen molar-refractivity contribution in [1.29, 1.82) is 0 Å². The Hall–Kier alpha value is -0.930. The summed E-state index contributed by atoms with van der Waals surface area (Å²) in [5.74, 6) is 1.17. The van der Waals surface area contributed by atoms with Crippen LogP contribution in [0, 0.1) is 11.8 Å². The number of rotatable bonds is 3. The van der Waals surface area contributed by atoms with Crippen LogP contribution in [-0.4, -0.2) is 34.2 Å². The van der Waals surface area contributed by atoms with Gasteiger partial charge in [0.25, 0.3) is 0 Å². The maximum absolute atomic E-state index is 10.3. The molecule has 1 saturated carbocycles. The lowest BCUT2D eigenvalue weighted by Gasteiger charge is -2.42. The van der Waals surface area contributed by atoms with Crippen LogP contribution in [0.5, 0.6) is 0 Å². The van der Waals surface area contributed by atoms with E-state index in [2.05, 4.69) is 30.8 Å². The number of likely N-dealkylation sites (N-methyl/N-ethyl adjacent to an activating group) is 1. The molecule has 1 fully saturated rings. The average molecular weight is 248 g/mol. The van der Waals surface area contributed by atoms with Gasteiger partial charge in [0.2, 0.25) is 0 Å². The Kier molecular flexibility index (Phi) is 4.36. The summed E-state index contributed by atoms with van der Waals surface area (Å²) >= 11 is 0. The van der Waals surface area contributed by atoms with Crippen LogP contribution >= 0.6 is 0 Å². The second-order valence-corrected chi connectivity index (χ2v) is 5.85. The quantitative estimate of drug-likeness (QED) is 0.891. The molecule has 3 nitrogen and oxygen atoms in total. The van der Waals surface area contributed by atoms with Crippen molar-refractivity contribution >= 4 is 0 Å². The number of aliphatic hydroxyl groups excluding tert-OH is 1. The van der Waals surface area contributed by atoms with Crippen molar-refractivity contribution < 1.29 is 5.11 Å². The van der Waals surface area contributed by atoms with Gasteiger partial charge in [-0.2, -0.15) is 0 Å². The van der Waals surface area contributed by atoms with Crippen LogP contribution in [0.15, 0.2) is 24.4 Å². The van der Waals surface area contributed by atoms with Gasteiger partial charge in [0.05, 0.1) is 11.8 Å². The summed E-state index contributed by atoms with van der Waals surface area (Å²) in [7, 11) is 2.09. The van der Waals surface area contributed by atoms with Crippen molar-refractivity contribution in [2.75, 3.05) is 7.05 Å². The molecule has 3 heteroatoms. The lowest BCUT2D eigenvalue weighted by atomic mass is 9.77.